The summed E-state index contributed by atoms with van der Waals surface area (Å²) in [5.41, 5.74) is -0.179. The van der Waals surface area contributed by atoms with Gasteiger partial charge in [-0.1, -0.05) is 0 Å². The van der Waals surface area contributed by atoms with Crippen molar-refractivity contribution < 1.29 is 26.7 Å². The molecule has 1 fully saturated rings. The van der Waals surface area contributed by atoms with Crippen LogP contribution in [0.4, 0.5) is 8.78 Å². The lowest BCUT2D eigenvalue weighted by Crippen LogP contribution is -2.42. The van der Waals surface area contributed by atoms with Gasteiger partial charge in [0.25, 0.3) is 0 Å². The number of rotatable bonds is 6. The van der Waals surface area contributed by atoms with E-state index in [2.05, 4.69) is 9.97 Å². The van der Waals surface area contributed by atoms with Crippen molar-refractivity contribution in [3.63, 3.8) is 0 Å². The summed E-state index contributed by atoms with van der Waals surface area (Å²) in [6, 6.07) is 4.57. The fraction of sp³-hybridized carbons (Fsp3) is 0.412. The van der Waals surface area contributed by atoms with E-state index in [-0.39, 0.29) is 30.8 Å². The number of piperidine rings is 1. The Morgan fingerprint density at radius 2 is 1.96 bits per heavy atom. The van der Waals surface area contributed by atoms with Crippen LogP contribution in [0.25, 0.3) is 0 Å². The van der Waals surface area contributed by atoms with E-state index in [4.69, 9.17) is 9.47 Å². The maximum atomic E-state index is 13.7. The molecule has 0 N–H and O–H groups in total. The first-order valence-corrected chi connectivity index (χ1v) is 9.94. The number of sulfonamides is 1. The molecule has 1 saturated heterocycles. The zero-order valence-corrected chi connectivity index (χ0v) is 15.5. The van der Waals surface area contributed by atoms with Gasteiger partial charge in [0.05, 0.1) is 12.9 Å². The summed E-state index contributed by atoms with van der Waals surface area (Å²) < 4.78 is 64.0. The third-order valence-electron chi connectivity index (χ3n) is 4.22. The van der Waals surface area contributed by atoms with E-state index in [1.807, 2.05) is 0 Å². The van der Waals surface area contributed by atoms with Crippen LogP contribution in [0.1, 0.15) is 18.4 Å². The van der Waals surface area contributed by atoms with Crippen LogP contribution in [0.15, 0.2) is 30.5 Å². The van der Waals surface area contributed by atoms with Gasteiger partial charge >= 0.3 is 6.01 Å². The first-order chi connectivity index (χ1) is 12.9. The molecule has 0 amide bonds. The number of halogens is 2. The Bertz CT molecular complexity index is 903. The molecule has 3 rings (SSSR count). The number of methoxy groups -OCH3 is 1. The molecule has 0 unspecified atom stereocenters. The number of aromatic nitrogens is 2. The Balaban J connectivity index is 1.60. The summed E-state index contributed by atoms with van der Waals surface area (Å²) in [4.78, 5) is 7.95. The summed E-state index contributed by atoms with van der Waals surface area (Å²) in [5, 5.41) is 0. The Hall–Kier alpha value is -2.33. The zero-order valence-electron chi connectivity index (χ0n) is 14.6. The summed E-state index contributed by atoms with van der Waals surface area (Å²) in [7, 11) is -2.31. The van der Waals surface area contributed by atoms with Crippen LogP contribution >= 0.6 is 0 Å². The number of hydrogen-bond acceptors (Lipinski definition) is 6. The Kier molecular flexibility index (Phi) is 5.85. The molecular formula is C17H19F2N3O4S. The normalized spacial score (nSPS) is 16.3. The van der Waals surface area contributed by atoms with Crippen LogP contribution in [0.2, 0.25) is 0 Å². The second kappa shape index (κ2) is 8.13. The predicted octanol–water partition coefficient (Wildman–Crippen LogP) is 2.14. The van der Waals surface area contributed by atoms with Crippen molar-refractivity contribution in [1.29, 1.82) is 0 Å². The Morgan fingerprint density at radius 1 is 1.22 bits per heavy atom. The fourth-order valence-corrected chi connectivity index (χ4v) is 4.39. The standard InChI is InChI=1S/C17H19F2N3O4S/c1-25-17-20-7-4-16(21-17)26-14-5-8-22(9-6-14)27(23,24)11-12-10-13(18)2-3-15(12)19/h2-4,7,10,14H,5-6,8-9,11H2,1H3. The Labute approximate surface area is 156 Å². The summed E-state index contributed by atoms with van der Waals surface area (Å²) in [6.07, 6.45) is 2.21. The van der Waals surface area contributed by atoms with Crippen molar-refractivity contribution in [2.45, 2.75) is 24.7 Å². The molecule has 0 radical (unpaired) electrons. The molecule has 2 aromatic rings. The molecule has 27 heavy (non-hydrogen) atoms. The topological polar surface area (TPSA) is 81.6 Å². The van der Waals surface area contributed by atoms with Gasteiger partial charge in [-0.05, 0) is 31.0 Å². The lowest BCUT2D eigenvalue weighted by atomic mass is 10.1. The largest absolute Gasteiger partial charge is 0.474 e. The van der Waals surface area contributed by atoms with Crippen LogP contribution in [0, 0.1) is 11.6 Å². The van der Waals surface area contributed by atoms with Crippen molar-refractivity contribution in [1.82, 2.24) is 14.3 Å². The smallest absolute Gasteiger partial charge is 0.319 e. The van der Waals surface area contributed by atoms with Gasteiger partial charge in [-0.15, -0.1) is 0 Å². The summed E-state index contributed by atoms with van der Waals surface area (Å²) in [6.45, 7) is 0.457. The molecule has 0 bridgehead atoms. The molecule has 1 aliphatic heterocycles. The van der Waals surface area contributed by atoms with Gasteiger partial charge in [-0.3, -0.25) is 0 Å². The molecule has 1 aromatic carbocycles. The molecule has 10 heteroatoms. The van der Waals surface area contributed by atoms with Crippen molar-refractivity contribution in [2.24, 2.45) is 0 Å². The maximum absolute atomic E-state index is 13.7. The molecule has 1 aromatic heterocycles. The van der Waals surface area contributed by atoms with Crippen LogP contribution < -0.4 is 9.47 Å². The second-order valence-electron chi connectivity index (χ2n) is 6.09. The third-order valence-corrected chi connectivity index (χ3v) is 6.05. The van der Waals surface area contributed by atoms with Crippen LogP contribution in [-0.2, 0) is 15.8 Å². The molecule has 0 atom stereocenters. The molecule has 0 aliphatic carbocycles. The highest BCUT2D eigenvalue weighted by atomic mass is 32.2. The van der Waals surface area contributed by atoms with Crippen LogP contribution in [-0.4, -0.2) is 49.0 Å². The molecule has 7 nitrogen and oxygen atoms in total. The van der Waals surface area contributed by atoms with Gasteiger partial charge in [0, 0.05) is 30.9 Å². The van der Waals surface area contributed by atoms with E-state index in [1.54, 1.807) is 6.07 Å². The van der Waals surface area contributed by atoms with Gasteiger partial charge in [0.1, 0.15) is 17.7 Å². The highest BCUT2D eigenvalue weighted by Gasteiger charge is 2.30. The molecule has 0 spiro atoms. The molecule has 2 heterocycles. The fourth-order valence-electron chi connectivity index (χ4n) is 2.83. The van der Waals surface area contributed by atoms with E-state index in [0.29, 0.717) is 18.7 Å². The van der Waals surface area contributed by atoms with Gasteiger partial charge < -0.3 is 9.47 Å². The minimum Gasteiger partial charge on any atom is -0.474 e. The van der Waals surface area contributed by atoms with Crippen molar-refractivity contribution in [2.75, 3.05) is 20.2 Å². The minimum absolute atomic E-state index is 0.179. The first-order valence-electron chi connectivity index (χ1n) is 8.33. The van der Waals surface area contributed by atoms with Crippen LogP contribution in [0.5, 0.6) is 11.9 Å². The minimum atomic E-state index is -3.76. The highest BCUT2D eigenvalue weighted by Crippen LogP contribution is 2.22. The quantitative estimate of drug-likeness (QED) is 0.740. The van der Waals surface area contributed by atoms with E-state index >= 15 is 0 Å². The maximum Gasteiger partial charge on any atom is 0.319 e. The highest BCUT2D eigenvalue weighted by molar-refractivity contribution is 7.88. The number of nitrogens with zero attached hydrogens (tertiary/aromatic N) is 3. The number of benzene rings is 1. The lowest BCUT2D eigenvalue weighted by molar-refractivity contribution is 0.128. The second-order valence-corrected chi connectivity index (χ2v) is 8.06. The van der Waals surface area contributed by atoms with E-state index in [1.165, 1.54) is 17.6 Å². The van der Waals surface area contributed by atoms with E-state index < -0.39 is 27.4 Å². The summed E-state index contributed by atoms with van der Waals surface area (Å²) >= 11 is 0. The monoisotopic (exact) mass is 399 g/mol. The van der Waals surface area contributed by atoms with E-state index in [9.17, 15) is 17.2 Å². The number of hydrogen-bond donors (Lipinski definition) is 0. The molecule has 0 saturated carbocycles. The van der Waals surface area contributed by atoms with E-state index in [0.717, 1.165) is 18.2 Å². The van der Waals surface area contributed by atoms with Crippen LogP contribution in [0.3, 0.4) is 0 Å². The molecular weight excluding hydrogens is 380 g/mol. The SMILES string of the molecule is COc1nccc(OC2CCN(S(=O)(=O)Cc3cc(F)ccc3F)CC2)n1. The van der Waals surface area contributed by atoms with Gasteiger partial charge in [-0.2, -0.15) is 4.98 Å². The third kappa shape index (κ3) is 4.89. The predicted molar refractivity (Wildman–Crippen MR) is 92.8 cm³/mol. The average Bonchev–Trinajstić information content (AvgIpc) is 2.65. The molecule has 146 valence electrons. The van der Waals surface area contributed by atoms with Crippen molar-refractivity contribution in [3.05, 3.63) is 47.7 Å². The number of ether oxygens (including phenoxy) is 2. The zero-order chi connectivity index (χ0) is 19.4. The Morgan fingerprint density at radius 3 is 2.67 bits per heavy atom. The van der Waals surface area contributed by atoms with Gasteiger partial charge in [0.15, 0.2) is 0 Å². The van der Waals surface area contributed by atoms with Gasteiger partial charge in [-0.25, -0.2) is 26.5 Å². The van der Waals surface area contributed by atoms with Crippen molar-refractivity contribution >= 4 is 10.0 Å². The van der Waals surface area contributed by atoms with Crippen molar-refractivity contribution in [3.8, 4) is 11.9 Å². The molecule has 1 aliphatic rings. The lowest BCUT2D eigenvalue weighted by Gasteiger charge is -2.31. The first kappa shape index (κ1) is 19.4. The average molecular weight is 399 g/mol. The van der Waals surface area contributed by atoms with Gasteiger partial charge in [0.2, 0.25) is 15.9 Å². The summed E-state index contributed by atoms with van der Waals surface area (Å²) in [5.74, 6) is -1.64.